The van der Waals surface area contributed by atoms with Crippen molar-refractivity contribution in [3.8, 4) is 0 Å². The van der Waals surface area contributed by atoms with Gasteiger partial charge >= 0.3 is 22.7 Å². The second-order valence-corrected chi connectivity index (χ2v) is 15.3. The van der Waals surface area contributed by atoms with E-state index in [1.54, 1.807) is 0 Å². The molecule has 2 aromatic carbocycles. The first-order valence-electron chi connectivity index (χ1n) is 9.47. The average Bonchev–Trinajstić information content (AvgIpc) is 2.76. The van der Waals surface area contributed by atoms with Gasteiger partial charge in [0, 0.05) is 6.07 Å². The van der Waals surface area contributed by atoms with E-state index in [-0.39, 0.29) is 36.4 Å². The Bertz CT molecular complexity index is 1770. The largest absolute Gasteiger partial charge is 0.440 e. The van der Waals surface area contributed by atoms with Crippen LogP contribution in [-0.4, -0.2) is 66.0 Å². The number of rotatable bonds is 11. The Morgan fingerprint density at radius 2 is 1.10 bits per heavy atom. The summed E-state index contributed by atoms with van der Waals surface area (Å²) in [5.74, 6) is -4.09. The van der Waals surface area contributed by atoms with Crippen LogP contribution in [0, 0.1) is 11.6 Å². The fourth-order valence-corrected chi connectivity index (χ4v) is 8.01. The Morgan fingerprint density at radius 3 is 1.54 bits per heavy atom. The number of hydrogen-bond donors (Lipinski definition) is 1. The van der Waals surface area contributed by atoms with Crippen LogP contribution in [0.4, 0.5) is 43.9 Å². The Balaban J connectivity index is 2.47. The van der Waals surface area contributed by atoms with Gasteiger partial charge < -0.3 is 0 Å². The van der Waals surface area contributed by atoms with E-state index in [0.29, 0.717) is 0 Å². The summed E-state index contributed by atoms with van der Waals surface area (Å²) in [4.78, 5) is -4.82. The quantitative estimate of drug-likeness (QED) is 0.210. The van der Waals surface area contributed by atoms with Crippen LogP contribution in [0.1, 0.15) is 0 Å². The van der Waals surface area contributed by atoms with Crippen molar-refractivity contribution in [3.05, 3.63) is 54.1 Å². The van der Waals surface area contributed by atoms with Crippen LogP contribution in [0.15, 0.2) is 57.2 Å². The molecule has 2 aromatic rings. The third-order valence-electron chi connectivity index (χ3n) is 4.64. The maximum absolute atomic E-state index is 14.2. The molecule has 0 atom stereocenters. The number of sulfone groups is 3. The fraction of sp³-hybridized carbons (Fsp3) is 0.294. The molecule has 0 radical (unpaired) electrons. The van der Waals surface area contributed by atoms with Gasteiger partial charge in [-0.2, -0.15) is 43.5 Å². The minimum Gasteiger partial charge on any atom is -0.282 e. The first-order valence-corrected chi connectivity index (χ1v) is 15.7. The second-order valence-electron chi connectivity index (χ2n) is 7.54. The van der Waals surface area contributed by atoms with E-state index < -0.39 is 99.8 Å². The zero-order chi connectivity index (χ0) is 32.3. The summed E-state index contributed by atoms with van der Waals surface area (Å²) >= 11 is 0. The third-order valence-corrected chi connectivity index (χ3v) is 11.8. The predicted octanol–water partition coefficient (Wildman–Crippen LogP) is 3.22. The van der Waals surface area contributed by atoms with Crippen molar-refractivity contribution >= 4 is 39.6 Å². The molecule has 232 valence electrons. The smallest absolute Gasteiger partial charge is 0.282 e. The maximum atomic E-state index is 14.2. The standard InChI is InChI=1S/C17H10F10O10S4/c18-9-1-6-13(12(19)7-9)40(32,33)17(26,27)15(22,23)37-14(20,21)16(24,25)39(30,31)8-38(28,29)10-2-4-11(5-3-10)41(34,35)36/h1-7H,8H2,(H,34,35,36). The highest BCUT2D eigenvalue weighted by molar-refractivity contribution is 8.08. The molecule has 0 amide bonds. The lowest BCUT2D eigenvalue weighted by atomic mass is 10.3. The number of halogens is 10. The second kappa shape index (κ2) is 10.3. The Kier molecular flexibility index (Phi) is 8.73. The molecule has 0 aliphatic carbocycles. The van der Waals surface area contributed by atoms with E-state index in [0.717, 1.165) is 0 Å². The minimum absolute atomic E-state index is 0.0584. The molecule has 0 aliphatic rings. The van der Waals surface area contributed by atoms with E-state index in [2.05, 4.69) is 0 Å². The van der Waals surface area contributed by atoms with Gasteiger partial charge in [0.15, 0.2) is 14.9 Å². The number of alkyl halides is 8. The van der Waals surface area contributed by atoms with Gasteiger partial charge in [-0.15, -0.1) is 0 Å². The van der Waals surface area contributed by atoms with Crippen LogP contribution in [-0.2, 0) is 44.4 Å². The molecule has 41 heavy (non-hydrogen) atoms. The van der Waals surface area contributed by atoms with Gasteiger partial charge in [0.2, 0.25) is 9.84 Å². The molecule has 24 heteroatoms. The zero-order valence-corrected chi connectivity index (χ0v) is 22.0. The molecule has 0 aromatic heterocycles. The summed E-state index contributed by atoms with van der Waals surface area (Å²) in [6.07, 6.45) is -14.6. The average molecular weight is 693 g/mol. The van der Waals surface area contributed by atoms with E-state index in [1.165, 1.54) is 0 Å². The van der Waals surface area contributed by atoms with Gasteiger partial charge in [-0.1, -0.05) is 0 Å². The molecular weight excluding hydrogens is 682 g/mol. The van der Waals surface area contributed by atoms with Crippen molar-refractivity contribution in [1.29, 1.82) is 0 Å². The number of ether oxygens (including phenoxy) is 1. The van der Waals surface area contributed by atoms with Crippen LogP contribution in [0.25, 0.3) is 0 Å². The lowest BCUT2D eigenvalue weighted by Gasteiger charge is -2.32. The first-order chi connectivity index (χ1) is 18.0. The molecule has 0 aliphatic heterocycles. The van der Waals surface area contributed by atoms with E-state index >= 15 is 0 Å². The van der Waals surface area contributed by atoms with Crippen LogP contribution < -0.4 is 0 Å². The van der Waals surface area contributed by atoms with Crippen LogP contribution in [0.3, 0.4) is 0 Å². The molecule has 0 fully saturated rings. The Morgan fingerprint density at radius 1 is 0.659 bits per heavy atom. The zero-order valence-electron chi connectivity index (χ0n) is 18.8. The number of hydrogen-bond acceptors (Lipinski definition) is 9. The van der Waals surface area contributed by atoms with Crippen LogP contribution in [0.2, 0.25) is 0 Å². The molecule has 0 saturated heterocycles. The SMILES string of the molecule is O=S(=O)(O)c1ccc(S(=O)(=O)CS(=O)(=O)C(F)(F)C(F)(F)OC(F)(F)C(F)(F)S(=O)(=O)c2ccc(F)cc2F)cc1. The summed E-state index contributed by atoms with van der Waals surface area (Å²) in [7, 11) is -25.1. The van der Waals surface area contributed by atoms with Gasteiger partial charge in [-0.05, 0) is 36.4 Å². The highest BCUT2D eigenvalue weighted by Gasteiger charge is 2.77. The minimum atomic E-state index is -7.32. The summed E-state index contributed by atoms with van der Waals surface area (Å²) in [5, 5.41) is -17.3. The lowest BCUT2D eigenvalue weighted by molar-refractivity contribution is -0.442. The van der Waals surface area contributed by atoms with Gasteiger partial charge in [-0.3, -0.25) is 4.55 Å². The molecule has 1 N–H and O–H groups in total. The number of benzene rings is 2. The van der Waals surface area contributed by atoms with Crippen LogP contribution >= 0.6 is 0 Å². The van der Waals surface area contributed by atoms with Crippen molar-refractivity contribution < 1.29 is 86.9 Å². The van der Waals surface area contributed by atoms with E-state index in [4.69, 9.17) is 4.55 Å². The summed E-state index contributed by atoms with van der Waals surface area (Å²) in [6.45, 7) is 0. The first kappa shape index (κ1) is 34.7. The van der Waals surface area contributed by atoms with Gasteiger partial charge in [0.1, 0.15) is 16.5 Å². The lowest BCUT2D eigenvalue weighted by Crippen LogP contribution is -2.58. The molecule has 10 nitrogen and oxygen atoms in total. The summed E-state index contributed by atoms with van der Waals surface area (Å²) < 4.78 is 244. The van der Waals surface area contributed by atoms with Gasteiger partial charge in [0.05, 0.1) is 9.79 Å². The van der Waals surface area contributed by atoms with Crippen molar-refractivity contribution in [3.63, 3.8) is 0 Å². The Hall–Kier alpha value is -2.54. The van der Waals surface area contributed by atoms with Crippen molar-refractivity contribution in [2.75, 3.05) is 5.08 Å². The molecule has 0 saturated carbocycles. The molecule has 0 bridgehead atoms. The van der Waals surface area contributed by atoms with Gasteiger partial charge in [-0.25, -0.2) is 38.8 Å². The molecule has 0 spiro atoms. The fourth-order valence-electron chi connectivity index (χ4n) is 2.61. The maximum Gasteiger partial charge on any atom is 0.440 e. The summed E-state index contributed by atoms with van der Waals surface area (Å²) in [6, 6.07) is 0.110. The van der Waals surface area contributed by atoms with E-state index in [9.17, 15) is 77.6 Å². The van der Waals surface area contributed by atoms with Crippen molar-refractivity contribution in [2.24, 2.45) is 0 Å². The van der Waals surface area contributed by atoms with Gasteiger partial charge in [0.25, 0.3) is 20.0 Å². The summed E-state index contributed by atoms with van der Waals surface area (Å²) in [5.41, 5.74) is 0. The molecule has 2 rings (SSSR count). The molecular formula is C17H10F10O10S4. The molecule has 0 unspecified atom stereocenters. The normalized spacial score (nSPS) is 14.7. The topological polar surface area (TPSA) is 166 Å². The highest BCUT2D eigenvalue weighted by atomic mass is 32.3. The van der Waals surface area contributed by atoms with Crippen LogP contribution in [0.5, 0.6) is 0 Å². The predicted molar refractivity (Wildman–Crippen MR) is 112 cm³/mol. The third kappa shape index (κ3) is 6.30. The van der Waals surface area contributed by atoms with E-state index in [1.807, 2.05) is 4.74 Å². The highest BCUT2D eigenvalue weighted by Crippen LogP contribution is 2.50. The van der Waals surface area contributed by atoms with Crippen molar-refractivity contribution in [1.82, 2.24) is 0 Å². The van der Waals surface area contributed by atoms with Crippen molar-refractivity contribution in [2.45, 2.75) is 37.4 Å². The Labute approximate surface area is 223 Å². The monoisotopic (exact) mass is 692 g/mol. The molecule has 0 heterocycles.